The van der Waals surface area contributed by atoms with Crippen molar-refractivity contribution < 1.29 is 22.3 Å². The maximum Gasteiger partial charge on any atom is 0.265 e. The molecule has 0 saturated carbocycles. The molecule has 4 heterocycles. The van der Waals surface area contributed by atoms with Gasteiger partial charge in [-0.15, -0.1) is 0 Å². The predicted molar refractivity (Wildman–Crippen MR) is 130 cm³/mol. The number of nitriles is 1. The summed E-state index contributed by atoms with van der Waals surface area (Å²) in [4.78, 5) is 19.9. The van der Waals surface area contributed by atoms with Crippen LogP contribution in [0.25, 0.3) is 22.4 Å². The molecule has 1 N–H and O–H groups in total. The number of benzene rings is 1. The quantitative estimate of drug-likeness (QED) is 0.322. The summed E-state index contributed by atoms with van der Waals surface area (Å²) < 4.78 is 50.4. The van der Waals surface area contributed by atoms with Crippen LogP contribution in [0.4, 0.5) is 4.39 Å². The maximum atomic E-state index is 14.6. The molecule has 37 heavy (non-hydrogen) atoms. The van der Waals surface area contributed by atoms with Crippen molar-refractivity contribution in [2.45, 2.75) is 11.9 Å². The third-order valence-corrected chi connectivity index (χ3v) is 6.94. The summed E-state index contributed by atoms with van der Waals surface area (Å²) in [7, 11) is -3.49. The zero-order chi connectivity index (χ0) is 26.0. The first kappa shape index (κ1) is 23.8. The Morgan fingerprint density at radius 1 is 1.08 bits per heavy atom. The van der Waals surface area contributed by atoms with Crippen LogP contribution in [0.15, 0.2) is 72.3 Å². The fraction of sp³-hybridized carbons (Fsp3) is 0.0800. The molecule has 184 valence electrons. The van der Waals surface area contributed by atoms with Crippen LogP contribution in [0.5, 0.6) is 23.1 Å². The van der Waals surface area contributed by atoms with Crippen molar-refractivity contribution in [1.29, 1.82) is 5.26 Å². The number of aromatic amines is 1. The van der Waals surface area contributed by atoms with E-state index in [0.29, 0.717) is 22.4 Å². The number of fused-ring (bicyclic) bond motifs is 1. The summed E-state index contributed by atoms with van der Waals surface area (Å²) >= 11 is 0. The second-order valence-electron chi connectivity index (χ2n) is 7.67. The molecule has 0 spiro atoms. The highest BCUT2D eigenvalue weighted by molar-refractivity contribution is 7.91. The first-order valence-corrected chi connectivity index (χ1v) is 12.6. The lowest BCUT2D eigenvalue weighted by Crippen LogP contribution is -2.05. The monoisotopic (exact) mass is 516 g/mol. The van der Waals surface area contributed by atoms with Crippen LogP contribution in [0.2, 0.25) is 0 Å². The fourth-order valence-electron chi connectivity index (χ4n) is 3.43. The van der Waals surface area contributed by atoms with Gasteiger partial charge in [0.05, 0.1) is 29.4 Å². The molecule has 0 unspecified atom stereocenters. The molecular weight excluding hydrogens is 499 g/mol. The standard InChI is InChI=1S/C25H17FN6O4S/c1-2-37(33,34)22-7-6-17(13-30-22)35-21-11-16-10-19(20-14-28-8-9-29-20)31-24(16)32-25(21)36-23-15(12-27)4-3-5-18(23)26/h3-11,13-14H,2H2,1H3,(H,31,32). The molecular formula is C25H17FN6O4S. The maximum absolute atomic E-state index is 14.6. The van der Waals surface area contributed by atoms with E-state index >= 15 is 0 Å². The van der Waals surface area contributed by atoms with Gasteiger partial charge in [-0.05, 0) is 36.4 Å². The SMILES string of the molecule is CCS(=O)(=O)c1ccc(Oc2cc3cc(-c4cnccn4)[nH]c3nc2Oc2c(F)cccc2C#N)cn1. The van der Waals surface area contributed by atoms with E-state index in [-0.39, 0.29) is 39.5 Å². The molecule has 0 aliphatic rings. The fourth-order valence-corrected chi connectivity index (χ4v) is 4.21. The molecule has 0 aliphatic heterocycles. The molecule has 0 aliphatic carbocycles. The highest BCUT2D eigenvalue weighted by Gasteiger charge is 2.19. The average Bonchev–Trinajstić information content (AvgIpc) is 3.33. The summed E-state index contributed by atoms with van der Waals surface area (Å²) in [6.07, 6.45) is 5.93. The minimum absolute atomic E-state index is 0.0321. The minimum atomic E-state index is -3.49. The van der Waals surface area contributed by atoms with Crippen molar-refractivity contribution in [3.63, 3.8) is 0 Å². The van der Waals surface area contributed by atoms with Crippen LogP contribution in [0, 0.1) is 17.1 Å². The van der Waals surface area contributed by atoms with E-state index in [0.717, 1.165) is 6.07 Å². The number of nitrogens with one attached hydrogen (secondary N) is 1. The number of halogens is 1. The summed E-state index contributed by atoms with van der Waals surface area (Å²) in [5, 5.41) is 9.95. The van der Waals surface area contributed by atoms with Gasteiger partial charge in [-0.2, -0.15) is 10.2 Å². The van der Waals surface area contributed by atoms with E-state index in [4.69, 9.17) is 9.47 Å². The van der Waals surface area contributed by atoms with Crippen molar-refractivity contribution in [1.82, 2.24) is 24.9 Å². The van der Waals surface area contributed by atoms with Gasteiger partial charge < -0.3 is 14.5 Å². The van der Waals surface area contributed by atoms with Gasteiger partial charge >= 0.3 is 0 Å². The number of aromatic nitrogens is 5. The molecule has 0 bridgehead atoms. The van der Waals surface area contributed by atoms with Crippen molar-refractivity contribution in [3.8, 4) is 40.6 Å². The Bertz CT molecular complexity index is 1750. The Balaban J connectivity index is 1.59. The van der Waals surface area contributed by atoms with Gasteiger partial charge in [0, 0.05) is 17.8 Å². The number of pyridine rings is 2. The largest absolute Gasteiger partial charge is 0.450 e. The lowest BCUT2D eigenvalue weighted by molar-refractivity contribution is 0.388. The minimum Gasteiger partial charge on any atom is -0.450 e. The van der Waals surface area contributed by atoms with Crippen LogP contribution in [0.1, 0.15) is 12.5 Å². The number of ether oxygens (including phenoxy) is 2. The number of H-pyrrole nitrogens is 1. The van der Waals surface area contributed by atoms with E-state index < -0.39 is 15.7 Å². The van der Waals surface area contributed by atoms with Gasteiger partial charge in [0.25, 0.3) is 5.88 Å². The smallest absolute Gasteiger partial charge is 0.265 e. The molecule has 10 nitrogen and oxygen atoms in total. The Morgan fingerprint density at radius 3 is 2.65 bits per heavy atom. The van der Waals surface area contributed by atoms with E-state index in [1.54, 1.807) is 30.7 Å². The Labute approximate surface area is 210 Å². The van der Waals surface area contributed by atoms with Gasteiger partial charge in [0.2, 0.25) is 0 Å². The van der Waals surface area contributed by atoms with E-state index in [2.05, 4.69) is 24.9 Å². The molecule has 12 heteroatoms. The van der Waals surface area contributed by atoms with E-state index in [9.17, 15) is 18.1 Å². The molecule has 0 atom stereocenters. The lowest BCUT2D eigenvalue weighted by atomic mass is 10.2. The first-order valence-electron chi connectivity index (χ1n) is 10.9. The number of nitrogens with zero attached hydrogens (tertiary/aromatic N) is 5. The van der Waals surface area contributed by atoms with Crippen LogP contribution in [-0.2, 0) is 9.84 Å². The average molecular weight is 517 g/mol. The first-order chi connectivity index (χ1) is 17.9. The second-order valence-corrected chi connectivity index (χ2v) is 9.90. The Morgan fingerprint density at radius 2 is 1.95 bits per heavy atom. The molecule has 0 radical (unpaired) electrons. The molecule has 1 aromatic carbocycles. The second kappa shape index (κ2) is 9.63. The molecule has 4 aromatic heterocycles. The third kappa shape index (κ3) is 4.80. The molecule has 0 fully saturated rings. The number of sulfone groups is 1. The predicted octanol–water partition coefficient (Wildman–Crippen LogP) is 4.80. The van der Waals surface area contributed by atoms with Gasteiger partial charge in [-0.25, -0.2) is 17.8 Å². The van der Waals surface area contributed by atoms with Crippen molar-refractivity contribution >= 4 is 20.9 Å². The van der Waals surface area contributed by atoms with Gasteiger partial charge in [0.1, 0.15) is 23.2 Å². The zero-order valence-electron chi connectivity index (χ0n) is 19.2. The van der Waals surface area contributed by atoms with Crippen LogP contribution in [0.3, 0.4) is 0 Å². The van der Waals surface area contributed by atoms with Gasteiger partial charge in [-0.1, -0.05) is 13.0 Å². The van der Waals surface area contributed by atoms with E-state index in [1.165, 1.54) is 37.4 Å². The van der Waals surface area contributed by atoms with Gasteiger partial charge in [0.15, 0.2) is 32.2 Å². The molecule has 0 amide bonds. The van der Waals surface area contributed by atoms with Crippen molar-refractivity contribution in [2.24, 2.45) is 0 Å². The third-order valence-electron chi connectivity index (χ3n) is 5.30. The van der Waals surface area contributed by atoms with Crippen LogP contribution < -0.4 is 9.47 Å². The molecule has 5 rings (SSSR count). The molecule has 0 saturated heterocycles. The summed E-state index contributed by atoms with van der Waals surface area (Å²) in [6, 6.07) is 12.0. The normalized spacial score (nSPS) is 11.3. The van der Waals surface area contributed by atoms with Crippen molar-refractivity contribution in [2.75, 3.05) is 5.75 Å². The Kier molecular flexibility index (Phi) is 6.21. The summed E-state index contributed by atoms with van der Waals surface area (Å²) in [5.74, 6) is -1.02. The summed E-state index contributed by atoms with van der Waals surface area (Å²) in [5.41, 5.74) is 1.55. The van der Waals surface area contributed by atoms with Gasteiger partial charge in [-0.3, -0.25) is 9.97 Å². The number of hydrogen-bond donors (Lipinski definition) is 1. The van der Waals surface area contributed by atoms with Crippen molar-refractivity contribution in [3.05, 3.63) is 78.6 Å². The number of rotatable bonds is 7. The summed E-state index contributed by atoms with van der Waals surface area (Å²) in [6.45, 7) is 1.52. The highest BCUT2D eigenvalue weighted by Crippen LogP contribution is 2.38. The number of para-hydroxylation sites is 1. The molecule has 5 aromatic rings. The van der Waals surface area contributed by atoms with Crippen LogP contribution in [-0.4, -0.2) is 39.1 Å². The topological polar surface area (TPSA) is 144 Å². The van der Waals surface area contributed by atoms with Crippen LogP contribution >= 0.6 is 0 Å². The number of hydrogen-bond acceptors (Lipinski definition) is 9. The Hall–Kier alpha value is -4.89. The highest BCUT2D eigenvalue weighted by atomic mass is 32.2. The van der Waals surface area contributed by atoms with E-state index in [1.807, 2.05) is 6.07 Å². The zero-order valence-corrected chi connectivity index (χ0v) is 20.0. The lowest BCUT2D eigenvalue weighted by Gasteiger charge is -2.13.